The van der Waals surface area contributed by atoms with Crippen LogP contribution in [-0.4, -0.2) is 38.3 Å². The Morgan fingerprint density at radius 1 is 1.58 bits per heavy atom. The minimum atomic E-state index is 0.260. The van der Waals surface area contributed by atoms with Gasteiger partial charge in [0.2, 0.25) is 0 Å². The van der Waals surface area contributed by atoms with Gasteiger partial charge in [-0.3, -0.25) is 4.90 Å². The molecule has 0 radical (unpaired) electrons. The molecule has 5 heteroatoms. The van der Waals surface area contributed by atoms with Crippen LogP contribution >= 0.6 is 27.5 Å². The highest BCUT2D eigenvalue weighted by Crippen LogP contribution is 2.31. The fraction of sp³-hybridized carbons (Fsp3) is 0.571. The van der Waals surface area contributed by atoms with Crippen LogP contribution in [0.4, 0.5) is 0 Å². The standard InChI is InChI=1S/C14H20BrClN2O/c1-19-9-10-4-5-18(8-10)14(7-17)11-2-3-13(16)12(15)6-11/h2-3,6,10,14H,4-5,7-9,17H2,1H3. The van der Waals surface area contributed by atoms with Crippen molar-refractivity contribution in [3.63, 3.8) is 0 Å². The van der Waals surface area contributed by atoms with Crippen molar-refractivity contribution in [3.8, 4) is 0 Å². The first kappa shape index (κ1) is 15.3. The molecule has 0 bridgehead atoms. The van der Waals surface area contributed by atoms with E-state index in [2.05, 4.69) is 33.0 Å². The lowest BCUT2D eigenvalue weighted by atomic mass is 10.1. The summed E-state index contributed by atoms with van der Waals surface area (Å²) in [5, 5.41) is 0.734. The number of nitrogens with zero attached hydrogens (tertiary/aromatic N) is 1. The Morgan fingerprint density at radius 2 is 2.37 bits per heavy atom. The highest BCUT2D eigenvalue weighted by Gasteiger charge is 2.28. The molecule has 0 saturated carbocycles. The topological polar surface area (TPSA) is 38.5 Å². The molecule has 1 aliphatic rings. The quantitative estimate of drug-likeness (QED) is 0.889. The summed E-state index contributed by atoms with van der Waals surface area (Å²) in [7, 11) is 1.76. The van der Waals surface area contributed by atoms with Gasteiger partial charge in [-0.05, 0) is 52.5 Å². The molecule has 3 nitrogen and oxygen atoms in total. The average Bonchev–Trinajstić information content (AvgIpc) is 2.83. The number of halogens is 2. The number of likely N-dealkylation sites (tertiary alicyclic amines) is 1. The van der Waals surface area contributed by atoms with Crippen LogP contribution in [0.15, 0.2) is 22.7 Å². The summed E-state index contributed by atoms with van der Waals surface area (Å²) in [5.41, 5.74) is 7.19. The maximum Gasteiger partial charge on any atom is 0.0548 e. The van der Waals surface area contributed by atoms with Crippen LogP contribution in [0.5, 0.6) is 0 Å². The Labute approximate surface area is 128 Å². The fourth-order valence-corrected chi connectivity index (χ4v) is 3.25. The predicted molar refractivity (Wildman–Crippen MR) is 82.5 cm³/mol. The summed E-state index contributed by atoms with van der Waals surface area (Å²) in [4.78, 5) is 2.44. The Bertz CT molecular complexity index is 430. The molecule has 2 unspecified atom stereocenters. The van der Waals surface area contributed by atoms with Crippen molar-refractivity contribution >= 4 is 27.5 Å². The number of ether oxygens (including phenoxy) is 1. The van der Waals surface area contributed by atoms with Crippen molar-refractivity contribution in [1.82, 2.24) is 4.90 Å². The molecular formula is C14H20BrClN2O. The molecule has 1 fully saturated rings. The van der Waals surface area contributed by atoms with Crippen LogP contribution < -0.4 is 5.73 Å². The smallest absolute Gasteiger partial charge is 0.0548 e. The van der Waals surface area contributed by atoms with E-state index in [0.29, 0.717) is 12.5 Å². The van der Waals surface area contributed by atoms with E-state index in [9.17, 15) is 0 Å². The Hall–Kier alpha value is -0.130. The molecule has 2 N–H and O–H groups in total. The van der Waals surface area contributed by atoms with Crippen molar-refractivity contribution in [3.05, 3.63) is 33.3 Å². The van der Waals surface area contributed by atoms with Crippen molar-refractivity contribution in [2.45, 2.75) is 12.5 Å². The van der Waals surface area contributed by atoms with Gasteiger partial charge in [0.25, 0.3) is 0 Å². The van der Waals surface area contributed by atoms with Gasteiger partial charge >= 0.3 is 0 Å². The van der Waals surface area contributed by atoms with Crippen molar-refractivity contribution in [2.24, 2.45) is 11.7 Å². The number of methoxy groups -OCH3 is 1. The molecule has 0 amide bonds. The molecular weight excluding hydrogens is 328 g/mol. The third kappa shape index (κ3) is 3.70. The maximum atomic E-state index is 6.04. The van der Waals surface area contributed by atoms with Crippen molar-refractivity contribution in [2.75, 3.05) is 33.4 Å². The minimum absolute atomic E-state index is 0.260. The van der Waals surface area contributed by atoms with Crippen molar-refractivity contribution < 1.29 is 4.74 Å². The van der Waals surface area contributed by atoms with Gasteiger partial charge in [-0.15, -0.1) is 0 Å². The molecule has 1 aromatic carbocycles. The first-order valence-corrected chi connectivity index (χ1v) is 7.70. The average molecular weight is 348 g/mol. The van der Waals surface area contributed by atoms with Crippen LogP contribution in [0.3, 0.4) is 0 Å². The summed E-state index contributed by atoms with van der Waals surface area (Å²) < 4.78 is 6.17. The molecule has 2 atom stereocenters. The number of nitrogens with two attached hydrogens (primary N) is 1. The molecule has 0 aromatic heterocycles. The van der Waals surface area contributed by atoms with E-state index < -0.39 is 0 Å². The minimum Gasteiger partial charge on any atom is -0.384 e. The lowest BCUT2D eigenvalue weighted by Gasteiger charge is -2.27. The van der Waals surface area contributed by atoms with Gasteiger partial charge in [0, 0.05) is 30.7 Å². The molecule has 106 valence electrons. The largest absolute Gasteiger partial charge is 0.384 e. The van der Waals surface area contributed by atoms with Gasteiger partial charge in [-0.25, -0.2) is 0 Å². The van der Waals surface area contributed by atoms with Gasteiger partial charge in [0.05, 0.1) is 11.6 Å². The van der Waals surface area contributed by atoms with Gasteiger partial charge in [0.15, 0.2) is 0 Å². The summed E-state index contributed by atoms with van der Waals surface area (Å²) in [6, 6.07) is 6.32. The predicted octanol–water partition coefficient (Wildman–Crippen LogP) is 3.07. The van der Waals surface area contributed by atoms with E-state index in [1.165, 1.54) is 12.0 Å². The second-order valence-electron chi connectivity index (χ2n) is 5.03. The van der Waals surface area contributed by atoms with Gasteiger partial charge in [0.1, 0.15) is 0 Å². The second kappa shape index (κ2) is 7.04. The molecule has 1 aliphatic heterocycles. The number of hydrogen-bond donors (Lipinski definition) is 1. The van der Waals surface area contributed by atoms with Crippen LogP contribution in [0.25, 0.3) is 0 Å². The molecule has 1 heterocycles. The van der Waals surface area contributed by atoms with E-state index in [-0.39, 0.29) is 6.04 Å². The number of rotatable bonds is 5. The molecule has 1 saturated heterocycles. The van der Waals surface area contributed by atoms with E-state index in [4.69, 9.17) is 22.1 Å². The summed E-state index contributed by atoms with van der Waals surface area (Å²) >= 11 is 9.52. The highest BCUT2D eigenvalue weighted by molar-refractivity contribution is 9.10. The van der Waals surface area contributed by atoms with Crippen LogP contribution in [0.2, 0.25) is 5.02 Å². The highest BCUT2D eigenvalue weighted by atomic mass is 79.9. The molecule has 19 heavy (non-hydrogen) atoms. The number of benzene rings is 1. The Morgan fingerprint density at radius 3 is 3.00 bits per heavy atom. The second-order valence-corrected chi connectivity index (χ2v) is 6.29. The van der Waals surface area contributed by atoms with Crippen molar-refractivity contribution in [1.29, 1.82) is 0 Å². The molecule has 2 rings (SSSR count). The first-order chi connectivity index (χ1) is 9.15. The Kier molecular flexibility index (Phi) is 5.66. The van der Waals surface area contributed by atoms with Gasteiger partial charge in [-0.2, -0.15) is 0 Å². The lowest BCUT2D eigenvalue weighted by Crippen LogP contribution is -2.32. The van der Waals surface area contributed by atoms with E-state index in [1.807, 2.05) is 6.07 Å². The van der Waals surface area contributed by atoms with Gasteiger partial charge in [-0.1, -0.05) is 17.7 Å². The zero-order chi connectivity index (χ0) is 13.8. The van der Waals surface area contributed by atoms with Crippen LogP contribution in [0.1, 0.15) is 18.0 Å². The normalized spacial score (nSPS) is 21.8. The zero-order valence-electron chi connectivity index (χ0n) is 11.1. The third-order valence-electron chi connectivity index (χ3n) is 3.71. The molecule has 0 aliphatic carbocycles. The van der Waals surface area contributed by atoms with Crippen LogP contribution in [-0.2, 0) is 4.74 Å². The SMILES string of the molecule is COCC1CCN(C(CN)c2ccc(Cl)c(Br)c2)C1. The lowest BCUT2D eigenvalue weighted by molar-refractivity contribution is 0.147. The van der Waals surface area contributed by atoms with E-state index in [1.54, 1.807) is 7.11 Å². The first-order valence-electron chi connectivity index (χ1n) is 6.53. The van der Waals surface area contributed by atoms with Crippen LogP contribution in [0, 0.1) is 5.92 Å². The fourth-order valence-electron chi connectivity index (χ4n) is 2.73. The van der Waals surface area contributed by atoms with E-state index >= 15 is 0 Å². The maximum absolute atomic E-state index is 6.04. The third-order valence-corrected chi connectivity index (χ3v) is 4.93. The van der Waals surface area contributed by atoms with E-state index in [0.717, 1.165) is 29.2 Å². The molecule has 1 aromatic rings. The molecule has 0 spiro atoms. The summed E-state index contributed by atoms with van der Waals surface area (Å²) in [5.74, 6) is 0.620. The monoisotopic (exact) mass is 346 g/mol. The summed E-state index contributed by atoms with van der Waals surface area (Å²) in [6.07, 6.45) is 1.18. The summed E-state index contributed by atoms with van der Waals surface area (Å²) in [6.45, 7) is 3.58. The number of hydrogen-bond acceptors (Lipinski definition) is 3. The van der Waals surface area contributed by atoms with Gasteiger partial charge < -0.3 is 10.5 Å². The Balaban J connectivity index is 2.09. The zero-order valence-corrected chi connectivity index (χ0v) is 13.5.